The maximum atomic E-state index is 4.02. The van der Waals surface area contributed by atoms with Crippen LogP contribution in [0, 0.1) is 0 Å². The van der Waals surface area contributed by atoms with Crippen LogP contribution < -0.4 is 10.2 Å². The maximum Gasteiger partial charge on any atom is 0.0596 e. The Labute approximate surface area is 108 Å². The minimum absolute atomic E-state index is 0.925. The van der Waals surface area contributed by atoms with E-state index in [1.165, 1.54) is 16.9 Å². The van der Waals surface area contributed by atoms with E-state index in [-0.39, 0.29) is 0 Å². The van der Waals surface area contributed by atoms with Gasteiger partial charge in [-0.3, -0.25) is 4.98 Å². The summed E-state index contributed by atoms with van der Waals surface area (Å²) >= 11 is 0. The molecule has 0 bridgehead atoms. The molecule has 0 aliphatic rings. The lowest BCUT2D eigenvalue weighted by atomic mass is 10.2. The number of hydrogen-bond donors (Lipinski definition) is 1. The van der Waals surface area contributed by atoms with Gasteiger partial charge in [0.2, 0.25) is 0 Å². The number of benzene rings is 1. The SMILES string of the molecule is CN(C)c1ccccc1NCCc1ccncc1. The molecule has 18 heavy (non-hydrogen) atoms. The molecule has 1 N–H and O–H groups in total. The average molecular weight is 241 g/mol. The summed E-state index contributed by atoms with van der Waals surface area (Å²) in [6.07, 6.45) is 4.68. The Bertz CT molecular complexity index is 480. The van der Waals surface area contributed by atoms with Gasteiger partial charge in [0.25, 0.3) is 0 Å². The standard InChI is InChI=1S/C15H19N3/c1-18(2)15-6-4-3-5-14(15)17-12-9-13-7-10-16-11-8-13/h3-8,10-11,17H,9,12H2,1-2H3. The maximum absolute atomic E-state index is 4.02. The van der Waals surface area contributed by atoms with Crippen LogP contribution in [0.1, 0.15) is 5.56 Å². The first-order valence-corrected chi connectivity index (χ1v) is 6.16. The molecule has 0 spiro atoms. The van der Waals surface area contributed by atoms with Crippen molar-refractivity contribution in [2.45, 2.75) is 6.42 Å². The van der Waals surface area contributed by atoms with Crippen molar-refractivity contribution in [3.8, 4) is 0 Å². The second-order valence-electron chi connectivity index (χ2n) is 4.44. The first-order chi connectivity index (χ1) is 8.77. The summed E-state index contributed by atoms with van der Waals surface area (Å²) in [5.74, 6) is 0. The molecule has 0 aliphatic carbocycles. The highest BCUT2D eigenvalue weighted by atomic mass is 15.1. The fraction of sp³-hybridized carbons (Fsp3) is 0.267. The molecule has 0 atom stereocenters. The third-order valence-corrected chi connectivity index (χ3v) is 2.86. The number of rotatable bonds is 5. The summed E-state index contributed by atoms with van der Waals surface area (Å²) in [4.78, 5) is 6.14. The fourth-order valence-corrected chi connectivity index (χ4v) is 1.90. The molecule has 0 amide bonds. The van der Waals surface area contributed by atoms with Crippen molar-refractivity contribution in [1.29, 1.82) is 0 Å². The topological polar surface area (TPSA) is 28.2 Å². The number of hydrogen-bond acceptors (Lipinski definition) is 3. The Kier molecular flexibility index (Phi) is 4.18. The number of para-hydroxylation sites is 2. The van der Waals surface area contributed by atoms with Gasteiger partial charge in [0, 0.05) is 33.0 Å². The highest BCUT2D eigenvalue weighted by Gasteiger charge is 2.02. The van der Waals surface area contributed by atoms with Crippen molar-refractivity contribution in [3.05, 3.63) is 54.4 Å². The Balaban J connectivity index is 1.94. The van der Waals surface area contributed by atoms with Gasteiger partial charge in [-0.1, -0.05) is 12.1 Å². The first-order valence-electron chi connectivity index (χ1n) is 6.16. The van der Waals surface area contributed by atoms with Crippen molar-refractivity contribution in [1.82, 2.24) is 4.98 Å². The summed E-state index contributed by atoms with van der Waals surface area (Å²) in [7, 11) is 4.12. The minimum Gasteiger partial charge on any atom is -0.383 e. The number of pyridine rings is 1. The molecule has 0 saturated heterocycles. The molecule has 0 fully saturated rings. The number of nitrogens with one attached hydrogen (secondary N) is 1. The zero-order valence-corrected chi connectivity index (χ0v) is 10.9. The van der Waals surface area contributed by atoms with E-state index < -0.39 is 0 Å². The van der Waals surface area contributed by atoms with Gasteiger partial charge >= 0.3 is 0 Å². The third kappa shape index (κ3) is 3.23. The predicted molar refractivity (Wildman–Crippen MR) is 77.2 cm³/mol. The van der Waals surface area contributed by atoms with E-state index in [2.05, 4.69) is 65.7 Å². The smallest absolute Gasteiger partial charge is 0.0596 e. The number of aromatic nitrogens is 1. The second kappa shape index (κ2) is 6.05. The van der Waals surface area contributed by atoms with Crippen LogP contribution in [-0.2, 0) is 6.42 Å². The van der Waals surface area contributed by atoms with Gasteiger partial charge in [0.1, 0.15) is 0 Å². The van der Waals surface area contributed by atoms with E-state index in [1.54, 1.807) is 0 Å². The van der Waals surface area contributed by atoms with E-state index in [4.69, 9.17) is 0 Å². The molecule has 3 nitrogen and oxygen atoms in total. The normalized spacial score (nSPS) is 10.1. The van der Waals surface area contributed by atoms with Gasteiger partial charge in [0.15, 0.2) is 0 Å². The van der Waals surface area contributed by atoms with Gasteiger partial charge in [-0.15, -0.1) is 0 Å². The van der Waals surface area contributed by atoms with E-state index in [0.717, 1.165) is 13.0 Å². The molecular formula is C15H19N3. The Hall–Kier alpha value is -2.03. The zero-order valence-electron chi connectivity index (χ0n) is 10.9. The predicted octanol–water partition coefficient (Wildman–Crippen LogP) is 2.80. The molecule has 3 heteroatoms. The molecule has 1 aromatic carbocycles. The van der Waals surface area contributed by atoms with Gasteiger partial charge in [0.05, 0.1) is 11.4 Å². The van der Waals surface area contributed by atoms with Gasteiger partial charge in [-0.2, -0.15) is 0 Å². The van der Waals surface area contributed by atoms with Gasteiger partial charge in [-0.25, -0.2) is 0 Å². The lowest BCUT2D eigenvalue weighted by Crippen LogP contribution is -2.13. The average Bonchev–Trinajstić information content (AvgIpc) is 2.40. The quantitative estimate of drug-likeness (QED) is 0.872. The summed E-state index contributed by atoms with van der Waals surface area (Å²) in [6.45, 7) is 0.925. The van der Waals surface area contributed by atoms with Crippen molar-refractivity contribution in [2.24, 2.45) is 0 Å². The zero-order chi connectivity index (χ0) is 12.8. The lowest BCUT2D eigenvalue weighted by Gasteiger charge is -2.18. The van der Waals surface area contributed by atoms with Gasteiger partial charge < -0.3 is 10.2 Å². The molecule has 94 valence electrons. The molecular weight excluding hydrogens is 222 g/mol. The van der Waals surface area contributed by atoms with Crippen LogP contribution in [0.25, 0.3) is 0 Å². The monoisotopic (exact) mass is 241 g/mol. The molecule has 1 aromatic heterocycles. The van der Waals surface area contributed by atoms with Gasteiger partial charge in [-0.05, 0) is 36.2 Å². The van der Waals surface area contributed by atoms with Crippen molar-refractivity contribution in [2.75, 3.05) is 30.9 Å². The highest BCUT2D eigenvalue weighted by Crippen LogP contribution is 2.23. The van der Waals surface area contributed by atoms with Crippen LogP contribution in [-0.4, -0.2) is 25.6 Å². The van der Waals surface area contributed by atoms with Crippen LogP contribution in [0.15, 0.2) is 48.8 Å². The van der Waals surface area contributed by atoms with Crippen LogP contribution >= 0.6 is 0 Å². The molecule has 0 radical (unpaired) electrons. The molecule has 0 saturated carbocycles. The molecule has 2 rings (SSSR count). The summed E-state index contributed by atoms with van der Waals surface area (Å²) in [5.41, 5.74) is 3.70. The second-order valence-corrected chi connectivity index (χ2v) is 4.44. The fourth-order valence-electron chi connectivity index (χ4n) is 1.90. The molecule has 2 aromatic rings. The van der Waals surface area contributed by atoms with Crippen LogP contribution in [0.2, 0.25) is 0 Å². The van der Waals surface area contributed by atoms with Crippen molar-refractivity contribution >= 4 is 11.4 Å². The van der Waals surface area contributed by atoms with Crippen LogP contribution in [0.3, 0.4) is 0 Å². The summed E-state index contributed by atoms with van der Waals surface area (Å²) in [5, 5.41) is 3.48. The van der Waals surface area contributed by atoms with E-state index in [0.29, 0.717) is 0 Å². The Morgan fingerprint density at radius 1 is 1.06 bits per heavy atom. The van der Waals surface area contributed by atoms with Crippen molar-refractivity contribution < 1.29 is 0 Å². The first kappa shape index (κ1) is 12.4. The lowest BCUT2D eigenvalue weighted by molar-refractivity contribution is 1.01. The molecule has 0 unspecified atom stereocenters. The van der Waals surface area contributed by atoms with Crippen molar-refractivity contribution in [3.63, 3.8) is 0 Å². The van der Waals surface area contributed by atoms with Crippen LogP contribution in [0.5, 0.6) is 0 Å². The van der Waals surface area contributed by atoms with E-state index in [1.807, 2.05) is 12.4 Å². The third-order valence-electron chi connectivity index (χ3n) is 2.86. The summed E-state index contributed by atoms with van der Waals surface area (Å²) in [6, 6.07) is 12.5. The Morgan fingerprint density at radius 2 is 1.78 bits per heavy atom. The van der Waals surface area contributed by atoms with E-state index in [9.17, 15) is 0 Å². The largest absolute Gasteiger partial charge is 0.383 e. The number of nitrogens with zero attached hydrogens (tertiary/aromatic N) is 2. The van der Waals surface area contributed by atoms with E-state index >= 15 is 0 Å². The minimum atomic E-state index is 0.925. The summed E-state index contributed by atoms with van der Waals surface area (Å²) < 4.78 is 0. The molecule has 1 heterocycles. The van der Waals surface area contributed by atoms with Crippen LogP contribution in [0.4, 0.5) is 11.4 Å². The molecule has 0 aliphatic heterocycles. The Morgan fingerprint density at radius 3 is 2.50 bits per heavy atom. The number of anilines is 2. The highest BCUT2D eigenvalue weighted by molar-refractivity contribution is 5.69.